The van der Waals surface area contributed by atoms with Crippen molar-refractivity contribution in [3.8, 4) is 0 Å². The van der Waals surface area contributed by atoms with E-state index in [1.165, 1.54) is 6.42 Å². The molecule has 0 aliphatic carbocycles. The first-order valence-corrected chi connectivity index (χ1v) is 8.35. The molecule has 0 unspecified atom stereocenters. The van der Waals surface area contributed by atoms with E-state index in [2.05, 4.69) is 43.0 Å². The van der Waals surface area contributed by atoms with Gasteiger partial charge in [0.15, 0.2) is 0 Å². The Kier molecular flexibility index (Phi) is 4.35. The molecule has 0 bridgehead atoms. The smallest absolute Gasteiger partial charge is 0.268 e. The maximum absolute atomic E-state index is 11.7. The van der Waals surface area contributed by atoms with E-state index >= 15 is 0 Å². The molecule has 1 aliphatic heterocycles. The third-order valence-electron chi connectivity index (χ3n) is 4.08. The van der Waals surface area contributed by atoms with Crippen LogP contribution in [0.4, 0.5) is 5.69 Å². The summed E-state index contributed by atoms with van der Waals surface area (Å²) in [5, 5.41) is 4.52. The molecule has 1 atom stereocenters. The van der Waals surface area contributed by atoms with Gasteiger partial charge in [-0.25, -0.2) is 4.98 Å². The predicted molar refractivity (Wildman–Crippen MR) is 91.2 cm³/mol. The van der Waals surface area contributed by atoms with Crippen LogP contribution in [0, 0.1) is 0 Å². The highest BCUT2D eigenvalue weighted by atomic mass is 79.9. The Morgan fingerprint density at radius 1 is 1.64 bits per heavy atom. The Balaban J connectivity index is 2.06. The summed E-state index contributed by atoms with van der Waals surface area (Å²) in [7, 11) is 0. The van der Waals surface area contributed by atoms with E-state index in [1.807, 2.05) is 12.3 Å². The minimum Gasteiger partial charge on any atom is -0.368 e. The van der Waals surface area contributed by atoms with Gasteiger partial charge in [0.25, 0.3) is 5.91 Å². The van der Waals surface area contributed by atoms with Crippen molar-refractivity contribution in [2.24, 2.45) is 5.73 Å². The van der Waals surface area contributed by atoms with Crippen molar-refractivity contribution in [3.05, 3.63) is 22.4 Å². The van der Waals surface area contributed by atoms with Crippen LogP contribution in [0.5, 0.6) is 0 Å². The van der Waals surface area contributed by atoms with E-state index < -0.39 is 5.91 Å². The van der Waals surface area contributed by atoms with Gasteiger partial charge in [-0.15, -0.1) is 0 Å². The molecule has 4 N–H and O–H groups in total. The van der Waals surface area contributed by atoms with Crippen LogP contribution >= 0.6 is 15.9 Å². The Morgan fingerprint density at radius 2 is 2.45 bits per heavy atom. The molecule has 1 saturated heterocycles. The number of carbonyl (C=O) groups is 1. The number of H-pyrrole nitrogens is 1. The topological polar surface area (TPSA) is 87.0 Å². The third kappa shape index (κ3) is 2.70. The summed E-state index contributed by atoms with van der Waals surface area (Å²) in [5.74, 6) is -0.523. The maximum atomic E-state index is 11.7. The van der Waals surface area contributed by atoms with Gasteiger partial charge in [0, 0.05) is 30.7 Å². The molecular formula is C15H20BrN5O. The highest BCUT2D eigenvalue weighted by molar-refractivity contribution is 9.10. The van der Waals surface area contributed by atoms with E-state index in [0.717, 1.165) is 37.1 Å². The Morgan fingerprint density at radius 3 is 3.18 bits per heavy atom. The summed E-state index contributed by atoms with van der Waals surface area (Å²) in [4.78, 5) is 21.4. The number of anilines is 1. The van der Waals surface area contributed by atoms with Gasteiger partial charge >= 0.3 is 0 Å². The van der Waals surface area contributed by atoms with Gasteiger partial charge in [-0.3, -0.25) is 4.79 Å². The number of nitrogens with zero attached hydrogens (tertiary/aromatic N) is 2. The number of nitrogens with two attached hydrogens (primary N) is 1. The second-order valence-electron chi connectivity index (χ2n) is 5.57. The molecule has 0 aromatic carbocycles. The number of primary amides is 1. The Bertz CT molecular complexity index is 697. The van der Waals surface area contributed by atoms with Crippen molar-refractivity contribution in [1.29, 1.82) is 0 Å². The molecule has 1 fully saturated rings. The highest BCUT2D eigenvalue weighted by Crippen LogP contribution is 2.36. The van der Waals surface area contributed by atoms with Crippen LogP contribution in [0.3, 0.4) is 0 Å². The van der Waals surface area contributed by atoms with Gasteiger partial charge < -0.3 is 20.9 Å². The zero-order valence-electron chi connectivity index (χ0n) is 12.5. The van der Waals surface area contributed by atoms with E-state index in [9.17, 15) is 4.79 Å². The van der Waals surface area contributed by atoms with Gasteiger partial charge in [-0.05, 0) is 41.4 Å². The number of likely N-dealkylation sites (N-methyl/N-ethyl adjacent to an activating group) is 1. The molecule has 22 heavy (non-hydrogen) atoms. The summed E-state index contributed by atoms with van der Waals surface area (Å²) in [6.07, 6.45) is 4.13. The van der Waals surface area contributed by atoms with Crippen LogP contribution in [-0.2, 0) is 0 Å². The molecule has 0 saturated carbocycles. The fourth-order valence-corrected chi connectivity index (χ4v) is 3.89. The lowest BCUT2D eigenvalue weighted by Gasteiger charge is -2.35. The van der Waals surface area contributed by atoms with Crippen LogP contribution in [0.1, 0.15) is 30.3 Å². The molecule has 0 spiro atoms. The van der Waals surface area contributed by atoms with Crippen molar-refractivity contribution < 1.29 is 4.79 Å². The minimum atomic E-state index is -0.523. The van der Waals surface area contributed by atoms with Gasteiger partial charge in [0.2, 0.25) is 0 Å². The van der Waals surface area contributed by atoms with Crippen molar-refractivity contribution >= 4 is 38.6 Å². The normalized spacial score (nSPS) is 18.8. The lowest BCUT2D eigenvalue weighted by molar-refractivity contribution is 0.0995. The summed E-state index contributed by atoms with van der Waals surface area (Å²) in [5.41, 5.74) is 7.44. The number of fused-ring (bicyclic) bond motifs is 1. The zero-order chi connectivity index (χ0) is 15.7. The fourth-order valence-electron chi connectivity index (χ4n) is 3.14. The van der Waals surface area contributed by atoms with E-state index in [4.69, 9.17) is 5.73 Å². The third-order valence-corrected chi connectivity index (χ3v) is 4.83. The summed E-state index contributed by atoms with van der Waals surface area (Å²) in [6, 6.07) is 2.45. The standard InChI is InChI=1S/C15H20BrN5O/c1-2-18-9-4-3-7-21(8-9)13-10-5-6-19-15(10)20-12(11(13)16)14(17)22/h5-6,9,18H,2-4,7-8H2,1H3,(H2,17,22)(H,19,20)/t9-/m1/s1. The summed E-state index contributed by atoms with van der Waals surface area (Å²) < 4.78 is 0.684. The Labute approximate surface area is 137 Å². The van der Waals surface area contributed by atoms with Crippen molar-refractivity contribution in [2.75, 3.05) is 24.5 Å². The van der Waals surface area contributed by atoms with Gasteiger partial charge in [-0.2, -0.15) is 0 Å². The number of pyridine rings is 1. The lowest BCUT2D eigenvalue weighted by Crippen LogP contribution is -2.46. The van der Waals surface area contributed by atoms with Gasteiger partial charge in [0.05, 0.1) is 10.2 Å². The number of nitrogens with one attached hydrogen (secondary N) is 2. The fraction of sp³-hybridized carbons (Fsp3) is 0.467. The van der Waals surface area contributed by atoms with Crippen LogP contribution in [-0.4, -0.2) is 41.6 Å². The lowest BCUT2D eigenvalue weighted by atomic mass is 10.0. The molecule has 2 aromatic heterocycles. The predicted octanol–water partition coefficient (Wildman–Crippen LogP) is 2.00. The SMILES string of the molecule is CCN[C@@H]1CCCN(c2c(Br)c(C(N)=O)nc3[nH]ccc23)C1. The average Bonchev–Trinajstić information content (AvgIpc) is 2.95. The zero-order valence-corrected chi connectivity index (χ0v) is 14.1. The van der Waals surface area contributed by atoms with Crippen molar-refractivity contribution in [1.82, 2.24) is 15.3 Å². The van der Waals surface area contributed by atoms with Crippen LogP contribution < -0.4 is 16.0 Å². The van der Waals surface area contributed by atoms with Crippen LogP contribution in [0.2, 0.25) is 0 Å². The number of piperidine rings is 1. The number of aromatic amines is 1. The van der Waals surface area contributed by atoms with Crippen LogP contribution in [0.15, 0.2) is 16.7 Å². The summed E-state index contributed by atoms with van der Waals surface area (Å²) in [6.45, 7) is 4.96. The molecule has 1 amide bonds. The number of carbonyl (C=O) groups excluding carboxylic acids is 1. The second kappa shape index (κ2) is 6.26. The van der Waals surface area contributed by atoms with Crippen molar-refractivity contribution in [3.63, 3.8) is 0 Å². The quantitative estimate of drug-likeness (QED) is 0.773. The average molecular weight is 366 g/mol. The largest absolute Gasteiger partial charge is 0.368 e. The molecule has 1 aliphatic rings. The number of amides is 1. The van der Waals surface area contributed by atoms with Gasteiger partial charge in [0.1, 0.15) is 11.3 Å². The molecule has 118 valence electrons. The highest BCUT2D eigenvalue weighted by Gasteiger charge is 2.25. The minimum absolute atomic E-state index is 0.274. The summed E-state index contributed by atoms with van der Waals surface area (Å²) >= 11 is 3.54. The molecule has 3 heterocycles. The van der Waals surface area contributed by atoms with Crippen molar-refractivity contribution in [2.45, 2.75) is 25.8 Å². The maximum Gasteiger partial charge on any atom is 0.268 e. The molecule has 0 radical (unpaired) electrons. The first-order chi connectivity index (χ1) is 10.6. The number of halogens is 1. The number of hydrogen-bond donors (Lipinski definition) is 3. The first kappa shape index (κ1) is 15.3. The molecule has 7 heteroatoms. The van der Waals surface area contributed by atoms with E-state index in [0.29, 0.717) is 16.2 Å². The monoisotopic (exact) mass is 365 g/mol. The molecular weight excluding hydrogens is 346 g/mol. The van der Waals surface area contributed by atoms with E-state index in [-0.39, 0.29) is 5.69 Å². The number of hydrogen-bond acceptors (Lipinski definition) is 4. The first-order valence-electron chi connectivity index (χ1n) is 7.56. The second-order valence-corrected chi connectivity index (χ2v) is 6.36. The number of rotatable bonds is 4. The van der Waals surface area contributed by atoms with E-state index in [1.54, 1.807) is 0 Å². The number of aromatic nitrogens is 2. The van der Waals surface area contributed by atoms with Gasteiger partial charge in [-0.1, -0.05) is 6.92 Å². The van der Waals surface area contributed by atoms with Crippen LogP contribution in [0.25, 0.3) is 11.0 Å². The Hall–Kier alpha value is -1.60. The molecule has 6 nitrogen and oxygen atoms in total. The molecule has 2 aromatic rings. The molecule has 3 rings (SSSR count).